The highest BCUT2D eigenvalue weighted by molar-refractivity contribution is 6.12. The lowest BCUT2D eigenvalue weighted by atomic mass is 9.82. The van der Waals surface area contributed by atoms with Crippen LogP contribution in [-0.4, -0.2) is 9.13 Å². The number of benzene rings is 12. The van der Waals surface area contributed by atoms with E-state index in [2.05, 4.69) is 295 Å². The molecule has 0 bridgehead atoms. The maximum atomic E-state index is 6.52. The number of anilines is 3. The fourth-order valence-electron chi connectivity index (χ4n) is 13.1. The van der Waals surface area contributed by atoms with E-state index in [1.54, 1.807) is 0 Å². The van der Waals surface area contributed by atoms with Crippen LogP contribution in [0.5, 0.6) is 0 Å². The number of hydrogen-bond acceptors (Lipinski definition) is 2. The number of para-hydroxylation sites is 6. The van der Waals surface area contributed by atoms with Crippen molar-refractivity contribution < 1.29 is 4.42 Å². The fraction of sp³-hybridized carbons (Fsp3) is 0.0400. The molecule has 0 amide bonds. The Labute approximate surface area is 457 Å². The Morgan fingerprint density at radius 3 is 1.42 bits per heavy atom. The molecule has 0 saturated heterocycles. The molecule has 0 aliphatic heterocycles. The van der Waals surface area contributed by atoms with E-state index < -0.39 is 0 Å². The highest BCUT2D eigenvalue weighted by Gasteiger charge is 2.37. The number of hydrogen-bond donors (Lipinski definition) is 0. The van der Waals surface area contributed by atoms with Gasteiger partial charge in [0, 0.05) is 71.7 Å². The van der Waals surface area contributed by atoms with Crippen molar-refractivity contribution in [2.24, 2.45) is 0 Å². The van der Waals surface area contributed by atoms with Crippen molar-refractivity contribution in [1.29, 1.82) is 0 Å². The Balaban J connectivity index is 0.766. The Morgan fingerprint density at radius 2 is 0.772 bits per heavy atom. The molecule has 0 N–H and O–H groups in total. The van der Waals surface area contributed by atoms with Crippen LogP contribution in [0.3, 0.4) is 0 Å². The predicted molar refractivity (Wildman–Crippen MR) is 331 cm³/mol. The summed E-state index contributed by atoms with van der Waals surface area (Å²) in [7, 11) is 0. The Hall–Kier alpha value is -10.2. The molecule has 0 unspecified atom stereocenters. The molecule has 1 aliphatic rings. The van der Waals surface area contributed by atoms with Gasteiger partial charge >= 0.3 is 0 Å². The van der Waals surface area contributed by atoms with Crippen LogP contribution in [0.2, 0.25) is 0 Å². The van der Waals surface area contributed by atoms with Crippen LogP contribution in [0.1, 0.15) is 25.0 Å². The van der Waals surface area contributed by atoms with Gasteiger partial charge in [0.15, 0.2) is 0 Å². The molecular formula is C75H51N3O. The fourth-order valence-corrected chi connectivity index (χ4v) is 13.1. The molecule has 0 spiro atoms. The number of rotatable bonds is 8. The molecule has 0 saturated carbocycles. The summed E-state index contributed by atoms with van der Waals surface area (Å²) >= 11 is 0. The molecule has 0 radical (unpaired) electrons. The predicted octanol–water partition coefficient (Wildman–Crippen LogP) is 20.6. The van der Waals surface area contributed by atoms with Crippen molar-refractivity contribution >= 4 is 82.6 Å². The minimum absolute atomic E-state index is 0.266. The average molecular weight is 1010 g/mol. The van der Waals surface area contributed by atoms with Crippen molar-refractivity contribution in [3.05, 3.63) is 284 Å². The van der Waals surface area contributed by atoms with E-state index in [4.69, 9.17) is 4.42 Å². The van der Waals surface area contributed by atoms with Gasteiger partial charge in [-0.3, -0.25) is 0 Å². The zero-order chi connectivity index (χ0) is 52.3. The maximum Gasteiger partial charge on any atom is 0.143 e. The van der Waals surface area contributed by atoms with Gasteiger partial charge in [-0.15, -0.1) is 0 Å². The third kappa shape index (κ3) is 7.01. The quantitative estimate of drug-likeness (QED) is 0.152. The topological polar surface area (TPSA) is 26.2 Å². The van der Waals surface area contributed by atoms with Crippen LogP contribution < -0.4 is 4.90 Å². The van der Waals surface area contributed by atoms with E-state index in [0.29, 0.717) is 0 Å². The van der Waals surface area contributed by atoms with Crippen LogP contribution in [0.25, 0.3) is 121 Å². The number of furan rings is 1. The Kier molecular flexibility index (Phi) is 9.95. The summed E-state index contributed by atoms with van der Waals surface area (Å²) in [6.07, 6.45) is 0. The van der Waals surface area contributed by atoms with Gasteiger partial charge in [0.25, 0.3) is 0 Å². The van der Waals surface area contributed by atoms with E-state index in [9.17, 15) is 0 Å². The third-order valence-corrected chi connectivity index (χ3v) is 16.9. The molecule has 12 aromatic carbocycles. The number of aromatic nitrogens is 2. The van der Waals surface area contributed by atoms with Crippen LogP contribution in [0, 0.1) is 0 Å². The molecule has 16 rings (SSSR count). The summed E-state index contributed by atoms with van der Waals surface area (Å²) in [4.78, 5) is 2.41. The number of nitrogens with zero attached hydrogens (tertiary/aromatic N) is 3. The molecule has 3 heterocycles. The molecule has 372 valence electrons. The normalized spacial score (nSPS) is 12.8. The summed E-state index contributed by atoms with van der Waals surface area (Å²) in [6, 6.07) is 99.8. The molecule has 0 fully saturated rings. The second-order valence-corrected chi connectivity index (χ2v) is 21.7. The third-order valence-electron chi connectivity index (χ3n) is 16.9. The SMILES string of the molecule is CC1(C)c2cc(N(c3ccc(-c4ccc(-c5ccc6c7ccccc7n(-c7ccccc7)c6c5)cc4)cc3)c3ccc(-c4cccc5c4oc4ccccc45)cc3)ccc2-c2ccc(-n3c4ccccc4c4ccccc43)cc21. The van der Waals surface area contributed by atoms with Gasteiger partial charge in [0.1, 0.15) is 11.2 Å². The van der Waals surface area contributed by atoms with Crippen LogP contribution in [0.4, 0.5) is 17.1 Å². The monoisotopic (exact) mass is 1010 g/mol. The smallest absolute Gasteiger partial charge is 0.143 e. The largest absolute Gasteiger partial charge is 0.455 e. The maximum absolute atomic E-state index is 6.52. The van der Waals surface area contributed by atoms with Crippen LogP contribution in [-0.2, 0) is 5.41 Å². The average Bonchev–Trinajstić information content (AvgIpc) is 4.19. The standard InChI is InChI=1S/C75H51N3O/c1-75(2)67-46-56(40-43-59(67)60-44-41-57(47-68(60)75)78-70-24-11-6-17-61(70)62-18-7-12-25-71(62)78)76(55-38-33-51(34-39-55)58-21-14-22-66-65-20-9-13-26-73(65)79-74(58)66)54-36-31-49(32-37-54)48-27-29-50(30-28-48)52-35-42-64-63-19-8-10-23-69(63)77(72(64)45-52)53-15-4-3-5-16-53/h3-47H,1-2H3. The summed E-state index contributed by atoms with van der Waals surface area (Å²) in [5.41, 5.74) is 24.1. The van der Waals surface area contributed by atoms with Crippen molar-refractivity contribution in [3.63, 3.8) is 0 Å². The second kappa shape index (κ2) is 17.4. The zero-order valence-electron chi connectivity index (χ0n) is 43.7. The minimum atomic E-state index is -0.266. The van der Waals surface area contributed by atoms with E-state index >= 15 is 0 Å². The molecule has 0 atom stereocenters. The summed E-state index contributed by atoms with van der Waals surface area (Å²) in [6.45, 7) is 4.77. The van der Waals surface area contributed by atoms with Crippen LogP contribution in [0.15, 0.2) is 277 Å². The van der Waals surface area contributed by atoms with Gasteiger partial charge in [-0.1, -0.05) is 196 Å². The van der Waals surface area contributed by atoms with E-state index in [0.717, 1.165) is 61.4 Å². The van der Waals surface area contributed by atoms with E-state index in [1.165, 1.54) is 88.2 Å². The molecular weight excluding hydrogens is 959 g/mol. The molecule has 79 heavy (non-hydrogen) atoms. The lowest BCUT2D eigenvalue weighted by Gasteiger charge is -2.28. The first kappa shape index (κ1) is 45.1. The minimum Gasteiger partial charge on any atom is -0.455 e. The van der Waals surface area contributed by atoms with E-state index in [1.807, 2.05) is 6.07 Å². The van der Waals surface area contributed by atoms with Gasteiger partial charge in [-0.25, -0.2) is 0 Å². The number of fused-ring (bicyclic) bond motifs is 12. The van der Waals surface area contributed by atoms with Crippen molar-refractivity contribution in [3.8, 4) is 55.9 Å². The first-order valence-electron chi connectivity index (χ1n) is 27.3. The Morgan fingerprint density at radius 1 is 0.304 bits per heavy atom. The first-order valence-corrected chi connectivity index (χ1v) is 27.3. The van der Waals surface area contributed by atoms with Crippen molar-refractivity contribution in [2.75, 3.05) is 4.90 Å². The molecule has 1 aliphatic carbocycles. The van der Waals surface area contributed by atoms with Gasteiger partial charge in [-0.05, 0) is 141 Å². The van der Waals surface area contributed by atoms with E-state index in [-0.39, 0.29) is 5.41 Å². The Bertz CT molecular complexity index is 4850. The molecule has 3 aromatic heterocycles. The molecule has 15 aromatic rings. The van der Waals surface area contributed by atoms with Crippen molar-refractivity contribution in [2.45, 2.75) is 19.3 Å². The van der Waals surface area contributed by atoms with Gasteiger partial charge < -0.3 is 18.5 Å². The second-order valence-electron chi connectivity index (χ2n) is 21.7. The lowest BCUT2D eigenvalue weighted by Crippen LogP contribution is -2.17. The van der Waals surface area contributed by atoms with Crippen LogP contribution >= 0.6 is 0 Å². The summed E-state index contributed by atoms with van der Waals surface area (Å²) in [5, 5.41) is 7.31. The first-order chi connectivity index (χ1) is 38.9. The summed E-state index contributed by atoms with van der Waals surface area (Å²) < 4.78 is 11.3. The zero-order valence-corrected chi connectivity index (χ0v) is 43.7. The highest BCUT2D eigenvalue weighted by Crippen LogP contribution is 2.52. The molecule has 4 heteroatoms. The van der Waals surface area contributed by atoms with Gasteiger partial charge in [0.2, 0.25) is 0 Å². The van der Waals surface area contributed by atoms with Gasteiger partial charge in [0.05, 0.1) is 22.1 Å². The highest BCUT2D eigenvalue weighted by atomic mass is 16.3. The van der Waals surface area contributed by atoms with Gasteiger partial charge in [-0.2, -0.15) is 0 Å². The summed E-state index contributed by atoms with van der Waals surface area (Å²) in [5.74, 6) is 0. The molecule has 4 nitrogen and oxygen atoms in total. The van der Waals surface area contributed by atoms with Crippen molar-refractivity contribution in [1.82, 2.24) is 9.13 Å². The lowest BCUT2D eigenvalue weighted by molar-refractivity contribution is 0.660.